The van der Waals surface area contributed by atoms with Gasteiger partial charge in [0.2, 0.25) is 0 Å². The molecule has 4 nitrogen and oxygen atoms in total. The Bertz CT molecular complexity index is 3680. The summed E-state index contributed by atoms with van der Waals surface area (Å²) in [4.78, 5) is 14.5. The number of hydrogen-bond acceptors (Lipinski definition) is 4. The molecule has 1 aromatic heterocycles. The average Bonchev–Trinajstić information content (AvgIpc) is 3.50. The molecule has 75 heavy (non-hydrogen) atoms. The van der Waals surface area contributed by atoms with Crippen molar-refractivity contribution >= 4 is 57.2 Å². The number of benzene rings is 11. The van der Waals surface area contributed by atoms with Crippen molar-refractivity contribution in [3.63, 3.8) is 0 Å². The molecule has 2 aliphatic heterocycles. The first kappa shape index (κ1) is 43.9. The van der Waals surface area contributed by atoms with Crippen molar-refractivity contribution in [2.24, 2.45) is 0 Å². The van der Waals surface area contributed by atoms with Crippen LogP contribution in [0.15, 0.2) is 286 Å². The van der Waals surface area contributed by atoms with Gasteiger partial charge in [-0.25, -0.2) is 9.97 Å². The van der Waals surface area contributed by atoms with Gasteiger partial charge in [-0.3, -0.25) is 0 Å². The molecule has 0 unspecified atom stereocenters. The Morgan fingerprint density at radius 1 is 0.267 bits per heavy atom. The standard InChI is InChI=1S/C70H47BN4/c1-7-19-48(20-8-1)54-31-33-63-66(43-54)74(61-39-56(50-23-11-3-12-24-50)37-57(40-61)51-25-13-4-14-26-51)68-45-60(65-35-36-72-47-73-65)46-69-70(68)71(63)64-34-32-55(49-21-9-2-10-22-49)44-67(64)75(69)62-41-58(52-27-15-5-16-28-52)38-59(42-62)53-29-17-6-18-30-53/h1-47H. The molecule has 0 atom stereocenters. The summed E-state index contributed by atoms with van der Waals surface area (Å²) in [6.45, 7) is -0.126. The summed E-state index contributed by atoms with van der Waals surface area (Å²) >= 11 is 0. The minimum atomic E-state index is -0.126. The molecule has 2 aliphatic rings. The summed E-state index contributed by atoms with van der Waals surface area (Å²) in [6, 6.07) is 99.9. The van der Waals surface area contributed by atoms with Crippen LogP contribution in [0.5, 0.6) is 0 Å². The molecule has 12 aromatic rings. The normalized spacial score (nSPS) is 12.2. The van der Waals surface area contributed by atoms with Crippen LogP contribution in [0.1, 0.15) is 0 Å². The van der Waals surface area contributed by atoms with Gasteiger partial charge in [-0.05, 0) is 150 Å². The van der Waals surface area contributed by atoms with Crippen LogP contribution in [0.4, 0.5) is 34.1 Å². The van der Waals surface area contributed by atoms with Crippen LogP contribution in [-0.4, -0.2) is 16.7 Å². The lowest BCUT2D eigenvalue weighted by Gasteiger charge is -2.45. The van der Waals surface area contributed by atoms with E-state index in [0.717, 1.165) is 101 Å². The van der Waals surface area contributed by atoms with Gasteiger partial charge < -0.3 is 9.80 Å². The smallest absolute Gasteiger partial charge is 0.252 e. The fourth-order valence-corrected chi connectivity index (χ4v) is 11.4. The molecule has 0 saturated heterocycles. The van der Waals surface area contributed by atoms with Crippen LogP contribution in [0, 0.1) is 0 Å². The second-order valence-electron chi connectivity index (χ2n) is 19.4. The van der Waals surface area contributed by atoms with E-state index >= 15 is 0 Å². The van der Waals surface area contributed by atoms with Gasteiger partial charge in [-0.2, -0.15) is 0 Å². The van der Waals surface area contributed by atoms with Crippen molar-refractivity contribution < 1.29 is 0 Å². The molecule has 5 heteroatoms. The fraction of sp³-hybridized carbons (Fsp3) is 0. The lowest BCUT2D eigenvalue weighted by atomic mass is 9.33. The van der Waals surface area contributed by atoms with Gasteiger partial charge >= 0.3 is 0 Å². The number of hydrogen-bond donors (Lipinski definition) is 0. The minimum Gasteiger partial charge on any atom is -0.311 e. The molecule has 14 rings (SSSR count). The molecule has 0 N–H and O–H groups in total. The average molecular weight is 955 g/mol. The third kappa shape index (κ3) is 7.99. The summed E-state index contributed by atoms with van der Waals surface area (Å²) in [6.07, 6.45) is 3.51. The molecule has 0 fully saturated rings. The molecular weight excluding hydrogens is 908 g/mol. The maximum Gasteiger partial charge on any atom is 0.252 e. The Balaban J connectivity index is 1.11. The zero-order valence-electron chi connectivity index (χ0n) is 41.0. The van der Waals surface area contributed by atoms with E-state index in [4.69, 9.17) is 4.98 Å². The maximum atomic E-state index is 4.97. The van der Waals surface area contributed by atoms with Gasteiger partial charge in [0.25, 0.3) is 6.71 Å². The van der Waals surface area contributed by atoms with Crippen LogP contribution in [-0.2, 0) is 0 Å². The first-order valence-corrected chi connectivity index (χ1v) is 25.6. The van der Waals surface area contributed by atoms with Gasteiger partial charge in [0.05, 0.1) is 5.69 Å². The molecule has 0 bridgehead atoms. The molecule has 350 valence electrons. The number of fused-ring (bicyclic) bond motifs is 4. The second-order valence-corrected chi connectivity index (χ2v) is 19.4. The summed E-state index contributed by atoms with van der Waals surface area (Å²) in [7, 11) is 0. The Morgan fingerprint density at radius 2 is 0.600 bits per heavy atom. The molecular formula is C70H47BN4. The molecule has 0 radical (unpaired) electrons. The predicted molar refractivity (Wildman–Crippen MR) is 314 cm³/mol. The predicted octanol–water partition coefficient (Wildman–Crippen LogP) is 16.2. The summed E-state index contributed by atoms with van der Waals surface area (Å²) < 4.78 is 0. The van der Waals surface area contributed by atoms with Gasteiger partial charge in [0, 0.05) is 45.9 Å². The Morgan fingerprint density at radius 3 is 0.933 bits per heavy atom. The molecule has 0 amide bonds. The molecule has 0 aliphatic carbocycles. The molecule has 0 saturated carbocycles. The topological polar surface area (TPSA) is 32.3 Å². The third-order valence-corrected chi connectivity index (χ3v) is 14.9. The van der Waals surface area contributed by atoms with E-state index in [-0.39, 0.29) is 6.71 Å². The first-order valence-electron chi connectivity index (χ1n) is 25.6. The lowest BCUT2D eigenvalue weighted by molar-refractivity contribution is 1.17. The highest BCUT2D eigenvalue weighted by atomic mass is 15.2. The highest BCUT2D eigenvalue weighted by Gasteiger charge is 2.44. The summed E-state index contributed by atoms with van der Waals surface area (Å²) in [5.41, 5.74) is 26.0. The van der Waals surface area contributed by atoms with Crippen molar-refractivity contribution in [3.05, 3.63) is 286 Å². The molecule has 11 aromatic carbocycles. The second kappa shape index (κ2) is 18.6. The fourth-order valence-electron chi connectivity index (χ4n) is 11.4. The SMILES string of the molecule is c1ccc(-c2cc(-c3ccccc3)cc(N3c4cc(-c5ccccc5)ccc4B4c5ccc(-c6ccccc6)cc5N(c5cc(-c6ccccc6)cc(-c6ccccc6)c5)c5cc(-c6ccncn6)cc3c54)c2)cc1. The van der Waals surface area contributed by atoms with Crippen LogP contribution < -0.4 is 26.2 Å². The van der Waals surface area contributed by atoms with Crippen LogP contribution in [0.25, 0.3) is 78.0 Å². The van der Waals surface area contributed by atoms with E-state index in [1.54, 1.807) is 6.33 Å². The number of aromatic nitrogens is 2. The molecule has 0 spiro atoms. The van der Waals surface area contributed by atoms with E-state index in [2.05, 4.69) is 282 Å². The monoisotopic (exact) mass is 954 g/mol. The third-order valence-electron chi connectivity index (χ3n) is 14.9. The van der Waals surface area contributed by atoms with Crippen LogP contribution in [0.3, 0.4) is 0 Å². The van der Waals surface area contributed by atoms with Crippen LogP contribution >= 0.6 is 0 Å². The minimum absolute atomic E-state index is 0.126. The van der Waals surface area contributed by atoms with E-state index < -0.39 is 0 Å². The highest BCUT2D eigenvalue weighted by Crippen LogP contribution is 2.49. The zero-order valence-corrected chi connectivity index (χ0v) is 41.0. The first-order chi connectivity index (χ1) is 37.2. The van der Waals surface area contributed by atoms with Crippen molar-refractivity contribution in [3.8, 4) is 78.0 Å². The lowest BCUT2D eigenvalue weighted by Crippen LogP contribution is -2.61. The summed E-state index contributed by atoms with van der Waals surface area (Å²) in [5.74, 6) is 0. The maximum absolute atomic E-state index is 4.97. The number of rotatable bonds is 9. The number of nitrogens with zero attached hydrogens (tertiary/aromatic N) is 4. The van der Waals surface area contributed by atoms with E-state index in [1.807, 2.05) is 12.3 Å². The van der Waals surface area contributed by atoms with Crippen molar-refractivity contribution in [2.75, 3.05) is 9.80 Å². The van der Waals surface area contributed by atoms with Crippen molar-refractivity contribution in [1.29, 1.82) is 0 Å². The van der Waals surface area contributed by atoms with E-state index in [0.29, 0.717) is 0 Å². The number of anilines is 6. The van der Waals surface area contributed by atoms with Gasteiger partial charge in [-0.1, -0.05) is 206 Å². The zero-order chi connectivity index (χ0) is 49.7. The summed E-state index contributed by atoms with van der Waals surface area (Å²) in [5, 5.41) is 0. The highest BCUT2D eigenvalue weighted by molar-refractivity contribution is 7.00. The van der Waals surface area contributed by atoms with E-state index in [9.17, 15) is 0 Å². The quantitative estimate of drug-likeness (QED) is 0.135. The van der Waals surface area contributed by atoms with Gasteiger partial charge in [0.15, 0.2) is 0 Å². The van der Waals surface area contributed by atoms with Crippen LogP contribution in [0.2, 0.25) is 0 Å². The Kier molecular flexibility index (Phi) is 10.9. The van der Waals surface area contributed by atoms with Crippen molar-refractivity contribution in [2.45, 2.75) is 0 Å². The van der Waals surface area contributed by atoms with Crippen molar-refractivity contribution in [1.82, 2.24) is 9.97 Å². The van der Waals surface area contributed by atoms with E-state index in [1.165, 1.54) is 27.5 Å². The largest absolute Gasteiger partial charge is 0.311 e. The van der Waals surface area contributed by atoms with Gasteiger partial charge in [-0.15, -0.1) is 0 Å². The Hall–Kier alpha value is -9.84. The molecule has 3 heterocycles. The Labute approximate surface area is 438 Å². The van der Waals surface area contributed by atoms with Gasteiger partial charge in [0.1, 0.15) is 6.33 Å².